The topological polar surface area (TPSA) is 54.3 Å². The van der Waals surface area contributed by atoms with Gasteiger partial charge in [-0.2, -0.15) is 0 Å². The minimum atomic E-state index is -0.533. The molecule has 1 amide bonds. The van der Waals surface area contributed by atoms with Gasteiger partial charge in [0.2, 0.25) is 0 Å². The van der Waals surface area contributed by atoms with Gasteiger partial charge < -0.3 is 15.0 Å². The lowest BCUT2D eigenvalue weighted by molar-refractivity contribution is 0.0913. The number of aromatic nitrogens is 1. The van der Waals surface area contributed by atoms with Crippen molar-refractivity contribution in [2.45, 2.75) is 32.9 Å². The number of aliphatic hydroxyl groups is 1. The van der Waals surface area contributed by atoms with E-state index in [0.717, 1.165) is 4.47 Å². The lowest BCUT2D eigenvalue weighted by atomic mass is 10.3. The van der Waals surface area contributed by atoms with Crippen LogP contribution in [-0.2, 0) is 0 Å². The Balaban J connectivity index is 2.82. The van der Waals surface area contributed by atoms with Crippen LogP contribution in [0.3, 0.4) is 0 Å². The Labute approximate surface area is 104 Å². The Morgan fingerprint density at radius 1 is 1.56 bits per heavy atom. The molecule has 16 heavy (non-hydrogen) atoms. The molecular weight excluding hydrogens is 272 g/mol. The van der Waals surface area contributed by atoms with Gasteiger partial charge in [-0.25, -0.2) is 0 Å². The number of aliphatic hydroxyl groups excluding tert-OH is 1. The minimum Gasteiger partial charge on any atom is -0.392 e. The second-order valence-electron chi connectivity index (χ2n) is 4.10. The zero-order valence-corrected chi connectivity index (χ0v) is 11.3. The van der Waals surface area contributed by atoms with Crippen LogP contribution >= 0.6 is 15.9 Å². The van der Waals surface area contributed by atoms with Gasteiger partial charge in [-0.15, -0.1) is 0 Å². The monoisotopic (exact) mass is 288 g/mol. The molecule has 1 aromatic rings. The predicted octanol–water partition coefficient (Wildman–Crippen LogP) is 1.94. The number of hydrogen-bond acceptors (Lipinski definition) is 2. The van der Waals surface area contributed by atoms with Crippen LogP contribution in [0.5, 0.6) is 0 Å². The van der Waals surface area contributed by atoms with Crippen LogP contribution in [0, 0.1) is 0 Å². The highest BCUT2D eigenvalue weighted by molar-refractivity contribution is 9.10. The number of amides is 1. The first-order valence-electron chi connectivity index (χ1n) is 5.25. The fourth-order valence-corrected chi connectivity index (χ4v) is 1.82. The lowest BCUT2D eigenvalue weighted by Gasteiger charge is -2.13. The van der Waals surface area contributed by atoms with E-state index < -0.39 is 6.10 Å². The van der Waals surface area contributed by atoms with E-state index in [9.17, 15) is 4.79 Å². The first kappa shape index (κ1) is 13.3. The first-order valence-corrected chi connectivity index (χ1v) is 6.04. The normalized spacial score (nSPS) is 12.9. The minimum absolute atomic E-state index is 0.166. The molecule has 1 aromatic heterocycles. The Hall–Kier alpha value is -0.810. The fraction of sp³-hybridized carbons (Fsp3) is 0.545. The number of rotatable bonds is 4. The van der Waals surface area contributed by atoms with Gasteiger partial charge in [0.1, 0.15) is 5.69 Å². The van der Waals surface area contributed by atoms with Gasteiger partial charge >= 0.3 is 0 Å². The van der Waals surface area contributed by atoms with E-state index in [1.807, 2.05) is 24.6 Å². The summed E-state index contributed by atoms with van der Waals surface area (Å²) in [4.78, 5) is 11.8. The van der Waals surface area contributed by atoms with E-state index in [4.69, 9.17) is 5.11 Å². The van der Waals surface area contributed by atoms with Crippen molar-refractivity contribution >= 4 is 21.8 Å². The summed E-state index contributed by atoms with van der Waals surface area (Å²) in [6.07, 6.45) is 1.34. The molecule has 0 spiro atoms. The van der Waals surface area contributed by atoms with Crippen molar-refractivity contribution in [1.82, 2.24) is 9.88 Å². The van der Waals surface area contributed by atoms with E-state index in [2.05, 4.69) is 21.2 Å². The molecule has 0 fully saturated rings. The number of carbonyl (C=O) groups excluding carboxylic acids is 1. The van der Waals surface area contributed by atoms with E-state index in [1.54, 1.807) is 13.0 Å². The summed E-state index contributed by atoms with van der Waals surface area (Å²) < 4.78 is 2.77. The highest BCUT2D eigenvalue weighted by Gasteiger charge is 2.14. The third-order valence-corrected chi connectivity index (χ3v) is 2.60. The summed E-state index contributed by atoms with van der Waals surface area (Å²) in [6.45, 7) is 5.92. The van der Waals surface area contributed by atoms with Gasteiger partial charge in [0.05, 0.1) is 6.10 Å². The van der Waals surface area contributed by atoms with Crippen molar-refractivity contribution in [3.05, 3.63) is 22.4 Å². The van der Waals surface area contributed by atoms with Crippen molar-refractivity contribution in [3.63, 3.8) is 0 Å². The third kappa shape index (κ3) is 3.35. The molecule has 0 saturated carbocycles. The molecule has 0 aromatic carbocycles. The summed E-state index contributed by atoms with van der Waals surface area (Å²) in [7, 11) is 0. The molecule has 0 saturated heterocycles. The Morgan fingerprint density at radius 3 is 2.69 bits per heavy atom. The van der Waals surface area contributed by atoms with Crippen LogP contribution < -0.4 is 5.32 Å². The highest BCUT2D eigenvalue weighted by Crippen LogP contribution is 2.19. The molecule has 1 rings (SSSR count). The molecule has 2 N–H and O–H groups in total. The second kappa shape index (κ2) is 5.50. The maximum absolute atomic E-state index is 11.8. The SMILES string of the molecule is CC(O)CNC(=O)c1cc(Br)cn1C(C)C. The zero-order valence-electron chi connectivity index (χ0n) is 9.70. The van der Waals surface area contributed by atoms with Gasteiger partial charge in [0.25, 0.3) is 5.91 Å². The number of carbonyl (C=O) groups is 1. The van der Waals surface area contributed by atoms with Crippen LogP contribution in [0.25, 0.3) is 0 Å². The average Bonchev–Trinajstić information content (AvgIpc) is 2.56. The molecule has 0 aliphatic carbocycles. The van der Waals surface area contributed by atoms with Crippen LogP contribution in [0.1, 0.15) is 37.3 Å². The number of nitrogens with zero attached hydrogens (tertiary/aromatic N) is 1. The molecule has 90 valence electrons. The molecule has 0 radical (unpaired) electrons. The first-order chi connectivity index (χ1) is 7.41. The maximum Gasteiger partial charge on any atom is 0.268 e. The van der Waals surface area contributed by atoms with Crippen molar-refractivity contribution in [3.8, 4) is 0 Å². The summed E-state index contributed by atoms with van der Waals surface area (Å²) >= 11 is 3.35. The van der Waals surface area contributed by atoms with Gasteiger partial charge in [0, 0.05) is 23.3 Å². The van der Waals surface area contributed by atoms with Crippen LogP contribution in [0.15, 0.2) is 16.7 Å². The van der Waals surface area contributed by atoms with E-state index >= 15 is 0 Å². The van der Waals surface area contributed by atoms with Gasteiger partial charge in [-0.05, 0) is 42.8 Å². The average molecular weight is 289 g/mol. The smallest absolute Gasteiger partial charge is 0.268 e. The number of halogens is 1. The molecule has 0 bridgehead atoms. The number of nitrogens with one attached hydrogen (secondary N) is 1. The molecule has 5 heteroatoms. The molecule has 1 atom stereocenters. The quantitative estimate of drug-likeness (QED) is 0.890. The standard InChI is InChI=1S/C11H17BrN2O2/c1-7(2)14-6-9(12)4-10(14)11(16)13-5-8(3)15/h4,6-8,15H,5H2,1-3H3,(H,13,16). The molecule has 1 unspecified atom stereocenters. The second-order valence-corrected chi connectivity index (χ2v) is 5.02. The molecule has 1 heterocycles. The zero-order chi connectivity index (χ0) is 12.3. The van der Waals surface area contributed by atoms with E-state index in [-0.39, 0.29) is 18.5 Å². The molecule has 4 nitrogen and oxygen atoms in total. The molecule has 0 aliphatic heterocycles. The predicted molar refractivity (Wildman–Crippen MR) is 66.5 cm³/mol. The third-order valence-electron chi connectivity index (χ3n) is 2.16. The Kier molecular flexibility index (Phi) is 4.56. The molecule has 0 aliphatic rings. The van der Waals surface area contributed by atoms with Crippen molar-refractivity contribution < 1.29 is 9.90 Å². The Morgan fingerprint density at radius 2 is 2.19 bits per heavy atom. The summed E-state index contributed by atoms with van der Waals surface area (Å²) in [5.74, 6) is -0.166. The number of hydrogen-bond donors (Lipinski definition) is 2. The van der Waals surface area contributed by atoms with Crippen LogP contribution in [0.2, 0.25) is 0 Å². The van der Waals surface area contributed by atoms with Gasteiger partial charge in [-0.3, -0.25) is 4.79 Å². The van der Waals surface area contributed by atoms with E-state index in [1.165, 1.54) is 0 Å². The summed E-state index contributed by atoms with van der Waals surface area (Å²) in [5.41, 5.74) is 0.600. The van der Waals surface area contributed by atoms with Crippen LogP contribution in [-0.4, -0.2) is 28.2 Å². The fourth-order valence-electron chi connectivity index (χ4n) is 1.39. The van der Waals surface area contributed by atoms with Crippen molar-refractivity contribution in [1.29, 1.82) is 0 Å². The highest BCUT2D eigenvalue weighted by atomic mass is 79.9. The molecular formula is C11H17BrN2O2. The van der Waals surface area contributed by atoms with Gasteiger partial charge in [-0.1, -0.05) is 0 Å². The van der Waals surface area contributed by atoms with E-state index in [0.29, 0.717) is 5.69 Å². The summed E-state index contributed by atoms with van der Waals surface area (Å²) in [5, 5.41) is 11.8. The lowest BCUT2D eigenvalue weighted by Crippen LogP contribution is -2.32. The maximum atomic E-state index is 11.8. The Bertz CT molecular complexity index is 372. The van der Waals surface area contributed by atoms with Gasteiger partial charge in [0.15, 0.2) is 0 Å². The summed E-state index contributed by atoms with van der Waals surface area (Å²) in [6, 6.07) is 2.00. The van der Waals surface area contributed by atoms with Crippen LogP contribution in [0.4, 0.5) is 0 Å². The van der Waals surface area contributed by atoms with Crippen molar-refractivity contribution in [2.75, 3.05) is 6.54 Å². The largest absolute Gasteiger partial charge is 0.392 e. The van der Waals surface area contributed by atoms with Crippen molar-refractivity contribution in [2.24, 2.45) is 0 Å².